The Balaban J connectivity index is 1.13. The van der Waals surface area contributed by atoms with Gasteiger partial charge in [-0.15, -0.1) is 0 Å². The molecule has 0 amide bonds. The maximum absolute atomic E-state index is 11.9. The van der Waals surface area contributed by atoms with Crippen LogP contribution in [0.2, 0.25) is 0 Å². The van der Waals surface area contributed by atoms with Crippen LogP contribution >= 0.6 is 0 Å². The zero-order chi connectivity index (χ0) is 26.6. The third-order valence-electron chi connectivity index (χ3n) is 7.23. The lowest BCUT2D eigenvalue weighted by Crippen LogP contribution is -2.11. The number of ether oxygens (including phenoxy) is 3. The van der Waals surface area contributed by atoms with Crippen molar-refractivity contribution >= 4 is 16.9 Å². The third kappa shape index (κ3) is 5.39. The minimum Gasteiger partial charge on any atom is -0.492 e. The van der Waals surface area contributed by atoms with Crippen molar-refractivity contribution in [2.75, 3.05) is 13.2 Å². The molecular weight excluding hydrogens is 486 g/mol. The van der Waals surface area contributed by atoms with E-state index in [0.717, 1.165) is 29.2 Å². The first-order chi connectivity index (χ1) is 19.2. The number of nitrogens with zero attached hydrogens (tertiary/aromatic N) is 1. The molecule has 0 saturated carbocycles. The molecule has 1 atom stereocenters. The quantitative estimate of drug-likeness (QED) is 0.192. The van der Waals surface area contributed by atoms with Crippen LogP contribution in [0.15, 0.2) is 103 Å². The molecule has 0 radical (unpaired) electrons. The van der Waals surface area contributed by atoms with Gasteiger partial charge in [0.05, 0.1) is 19.6 Å². The second-order valence-electron chi connectivity index (χ2n) is 9.86. The Kier molecular flexibility index (Phi) is 7.05. The molecule has 39 heavy (non-hydrogen) atoms. The number of rotatable bonds is 9. The first-order valence-corrected chi connectivity index (χ1v) is 13.4. The summed E-state index contributed by atoms with van der Waals surface area (Å²) in [7, 11) is 0. The number of para-hydroxylation sites is 1. The largest absolute Gasteiger partial charge is 0.492 e. The van der Waals surface area contributed by atoms with E-state index in [1.807, 2.05) is 25.1 Å². The highest BCUT2D eigenvalue weighted by Gasteiger charge is 2.27. The third-order valence-corrected chi connectivity index (χ3v) is 7.23. The highest BCUT2D eigenvalue weighted by Crippen LogP contribution is 2.38. The van der Waals surface area contributed by atoms with Crippen molar-refractivity contribution in [2.45, 2.75) is 32.4 Å². The molecule has 0 saturated heterocycles. The maximum atomic E-state index is 11.9. The van der Waals surface area contributed by atoms with Gasteiger partial charge in [0.2, 0.25) is 0 Å². The normalized spacial score (nSPS) is 14.1. The van der Waals surface area contributed by atoms with Gasteiger partial charge in [-0.25, -0.2) is 0 Å². The molecule has 1 aliphatic rings. The molecule has 1 aliphatic heterocycles. The lowest BCUT2D eigenvalue weighted by molar-refractivity contribution is -0.143. The fourth-order valence-electron chi connectivity index (χ4n) is 5.26. The molecule has 5 aromatic rings. The van der Waals surface area contributed by atoms with Crippen molar-refractivity contribution in [1.82, 2.24) is 4.57 Å². The Labute approximate surface area is 228 Å². The number of esters is 1. The van der Waals surface area contributed by atoms with Gasteiger partial charge in [-0.1, -0.05) is 78.9 Å². The topological polar surface area (TPSA) is 49.7 Å². The van der Waals surface area contributed by atoms with Gasteiger partial charge in [-0.2, -0.15) is 0 Å². The molecule has 2 heterocycles. The summed E-state index contributed by atoms with van der Waals surface area (Å²) < 4.78 is 19.4. The Morgan fingerprint density at radius 1 is 0.897 bits per heavy atom. The molecule has 5 nitrogen and oxygen atoms in total. The second-order valence-corrected chi connectivity index (χ2v) is 9.86. The number of benzene rings is 4. The van der Waals surface area contributed by atoms with E-state index >= 15 is 0 Å². The van der Waals surface area contributed by atoms with E-state index in [1.54, 1.807) is 0 Å². The van der Waals surface area contributed by atoms with Gasteiger partial charge in [0.1, 0.15) is 18.1 Å². The van der Waals surface area contributed by atoms with Gasteiger partial charge >= 0.3 is 5.97 Å². The standard InChI is InChI=1S/C34H31NO4/c1-2-37-34(36)19-28-23-39-33-20-29(16-17-30(28)33)38-22-25-14-12-24(13-15-25)21-35-31-11-7-6-10-27(31)18-32(35)26-8-4-3-5-9-26/h3-18,20,28H,2,19,21-23H2,1H3. The highest BCUT2D eigenvalue weighted by molar-refractivity contribution is 5.87. The molecule has 0 fully saturated rings. The molecule has 196 valence electrons. The lowest BCUT2D eigenvalue weighted by atomic mass is 9.98. The van der Waals surface area contributed by atoms with Gasteiger partial charge < -0.3 is 18.8 Å². The van der Waals surface area contributed by atoms with Crippen molar-refractivity contribution in [1.29, 1.82) is 0 Å². The number of hydrogen-bond acceptors (Lipinski definition) is 4. The van der Waals surface area contributed by atoms with Crippen molar-refractivity contribution in [3.05, 3.63) is 120 Å². The average molecular weight is 518 g/mol. The summed E-state index contributed by atoms with van der Waals surface area (Å²) in [4.78, 5) is 11.9. The van der Waals surface area contributed by atoms with Crippen molar-refractivity contribution in [2.24, 2.45) is 0 Å². The lowest BCUT2D eigenvalue weighted by Gasteiger charge is -2.13. The van der Waals surface area contributed by atoms with Crippen LogP contribution in [0, 0.1) is 0 Å². The van der Waals surface area contributed by atoms with E-state index in [1.165, 1.54) is 27.7 Å². The number of aromatic nitrogens is 1. The van der Waals surface area contributed by atoms with E-state index in [-0.39, 0.29) is 11.9 Å². The van der Waals surface area contributed by atoms with Crippen LogP contribution in [-0.4, -0.2) is 23.8 Å². The molecule has 0 aliphatic carbocycles. The number of fused-ring (bicyclic) bond motifs is 2. The second kappa shape index (κ2) is 11.1. The highest BCUT2D eigenvalue weighted by atomic mass is 16.5. The van der Waals surface area contributed by atoms with E-state index < -0.39 is 0 Å². The van der Waals surface area contributed by atoms with Crippen LogP contribution in [0.1, 0.15) is 36.0 Å². The van der Waals surface area contributed by atoms with Crippen LogP contribution in [0.4, 0.5) is 0 Å². The minimum absolute atomic E-state index is 0.0282. The molecule has 0 spiro atoms. The van der Waals surface area contributed by atoms with Gasteiger partial charge in [-0.05, 0) is 41.8 Å². The zero-order valence-electron chi connectivity index (χ0n) is 22.0. The first kappa shape index (κ1) is 24.8. The summed E-state index contributed by atoms with van der Waals surface area (Å²) >= 11 is 0. The number of carbonyl (C=O) groups excluding carboxylic acids is 1. The predicted molar refractivity (Wildman–Crippen MR) is 153 cm³/mol. The van der Waals surface area contributed by atoms with Crippen molar-refractivity contribution in [3.8, 4) is 22.8 Å². The first-order valence-electron chi connectivity index (χ1n) is 13.4. The van der Waals surface area contributed by atoms with Crippen molar-refractivity contribution in [3.63, 3.8) is 0 Å². The number of hydrogen-bond donors (Lipinski definition) is 0. The van der Waals surface area contributed by atoms with Gasteiger partial charge in [0, 0.05) is 40.7 Å². The molecule has 1 aromatic heterocycles. The van der Waals surface area contributed by atoms with E-state index in [9.17, 15) is 4.79 Å². The van der Waals surface area contributed by atoms with Crippen LogP contribution in [0.3, 0.4) is 0 Å². The summed E-state index contributed by atoms with van der Waals surface area (Å²) in [5, 5.41) is 1.24. The van der Waals surface area contributed by atoms with Gasteiger partial charge in [0.15, 0.2) is 0 Å². The zero-order valence-corrected chi connectivity index (χ0v) is 22.0. The number of carbonyl (C=O) groups is 1. The van der Waals surface area contributed by atoms with Crippen LogP contribution in [-0.2, 0) is 22.7 Å². The Bertz CT molecular complexity index is 1590. The summed E-state index contributed by atoms with van der Waals surface area (Å²) in [5.41, 5.74) is 7.02. The Hall–Kier alpha value is -4.51. The maximum Gasteiger partial charge on any atom is 0.306 e. The molecule has 1 unspecified atom stereocenters. The molecule has 6 rings (SSSR count). The predicted octanol–water partition coefficient (Wildman–Crippen LogP) is 7.36. The monoisotopic (exact) mass is 517 g/mol. The Morgan fingerprint density at radius 2 is 1.67 bits per heavy atom. The molecular formula is C34H31NO4. The smallest absolute Gasteiger partial charge is 0.306 e. The molecule has 5 heteroatoms. The van der Waals surface area contributed by atoms with Crippen molar-refractivity contribution < 1.29 is 19.0 Å². The van der Waals surface area contributed by atoms with E-state index in [2.05, 4.69) is 89.5 Å². The SMILES string of the molecule is CCOC(=O)CC1COc2cc(OCc3ccc(Cn4c(-c5ccccc5)cc5ccccc54)cc3)ccc21. The van der Waals surface area contributed by atoms with Crippen LogP contribution < -0.4 is 9.47 Å². The summed E-state index contributed by atoms with van der Waals surface area (Å²) in [6.07, 6.45) is 0.332. The average Bonchev–Trinajstić information content (AvgIpc) is 3.54. The summed E-state index contributed by atoms with van der Waals surface area (Å²) in [5.74, 6) is 1.37. The van der Waals surface area contributed by atoms with Gasteiger partial charge in [-0.3, -0.25) is 4.79 Å². The van der Waals surface area contributed by atoms with Crippen LogP contribution in [0.5, 0.6) is 11.5 Å². The van der Waals surface area contributed by atoms with E-state index in [4.69, 9.17) is 14.2 Å². The van der Waals surface area contributed by atoms with Gasteiger partial charge in [0.25, 0.3) is 0 Å². The van der Waals surface area contributed by atoms with E-state index in [0.29, 0.717) is 26.2 Å². The summed E-state index contributed by atoms with van der Waals surface area (Å²) in [6, 6.07) is 35.8. The fraction of sp³-hybridized carbons (Fsp3) is 0.206. The summed E-state index contributed by atoms with van der Waals surface area (Å²) in [6.45, 7) is 3.95. The molecule has 0 bridgehead atoms. The molecule has 0 N–H and O–H groups in total. The minimum atomic E-state index is -0.191. The van der Waals surface area contributed by atoms with Crippen LogP contribution in [0.25, 0.3) is 22.2 Å². The Morgan fingerprint density at radius 3 is 2.49 bits per heavy atom. The molecule has 4 aromatic carbocycles. The fourth-order valence-corrected chi connectivity index (χ4v) is 5.26.